The molecule has 0 aromatic heterocycles. The summed E-state index contributed by atoms with van der Waals surface area (Å²) in [6.45, 7) is 1.38. The second kappa shape index (κ2) is 8.34. The Morgan fingerprint density at radius 2 is 1.82 bits per heavy atom. The highest BCUT2D eigenvalue weighted by molar-refractivity contribution is 5.86. The summed E-state index contributed by atoms with van der Waals surface area (Å²) in [6, 6.07) is -0.480. The number of carboxylic acid groups (broad SMARTS) is 1. The minimum Gasteiger partial charge on any atom is -0.480 e. The molecule has 8 heteroatoms. The maximum absolute atomic E-state index is 11.4. The van der Waals surface area contributed by atoms with Gasteiger partial charge in [-0.1, -0.05) is 0 Å². The number of likely N-dealkylation sites (N-methyl/N-ethyl adjacent to an activating group) is 1. The van der Waals surface area contributed by atoms with E-state index in [1.807, 2.05) is 0 Å². The van der Waals surface area contributed by atoms with Crippen LogP contribution in [0.4, 0.5) is 4.79 Å². The van der Waals surface area contributed by atoms with Gasteiger partial charge in [-0.05, 0) is 6.92 Å². The first-order chi connectivity index (χ1) is 8.01. The van der Waals surface area contributed by atoms with Crippen LogP contribution in [-0.2, 0) is 9.59 Å². The van der Waals surface area contributed by atoms with E-state index in [1.165, 1.54) is 4.90 Å². The third-order valence-electron chi connectivity index (χ3n) is 1.88. The van der Waals surface area contributed by atoms with Gasteiger partial charge in [0.25, 0.3) is 0 Å². The van der Waals surface area contributed by atoms with Crippen molar-refractivity contribution in [2.24, 2.45) is 0 Å². The molecule has 0 unspecified atom stereocenters. The molecule has 0 bridgehead atoms. The number of nitrogens with zero attached hydrogens (tertiary/aromatic N) is 1. The molecule has 0 rings (SSSR count). The Morgan fingerprint density at radius 3 is 2.29 bits per heavy atom. The lowest BCUT2D eigenvalue weighted by atomic mass is 10.5. The van der Waals surface area contributed by atoms with Gasteiger partial charge >= 0.3 is 12.0 Å². The summed E-state index contributed by atoms with van der Waals surface area (Å²) in [6.07, 6.45) is 0. The molecule has 0 radical (unpaired) electrons. The number of urea groups is 1. The van der Waals surface area contributed by atoms with Crippen molar-refractivity contribution in [3.8, 4) is 0 Å². The Hall–Kier alpha value is -1.83. The summed E-state index contributed by atoms with van der Waals surface area (Å²) in [5, 5.41) is 21.4. The minimum absolute atomic E-state index is 0.160. The zero-order valence-electron chi connectivity index (χ0n) is 9.60. The lowest BCUT2D eigenvalue weighted by Gasteiger charge is -2.19. The molecule has 3 amide bonds. The average molecular weight is 247 g/mol. The molecule has 98 valence electrons. The molecular weight excluding hydrogens is 230 g/mol. The minimum atomic E-state index is -1.15. The second-order valence-electron chi connectivity index (χ2n) is 3.13. The topological polar surface area (TPSA) is 119 Å². The van der Waals surface area contributed by atoms with Crippen LogP contribution in [0.5, 0.6) is 0 Å². The molecule has 0 aromatic carbocycles. The normalized spacial score (nSPS) is 9.53. The van der Waals surface area contributed by atoms with E-state index in [9.17, 15) is 14.4 Å². The summed E-state index contributed by atoms with van der Waals surface area (Å²) in [5.41, 5.74) is 0. The van der Waals surface area contributed by atoms with E-state index < -0.39 is 24.5 Å². The fourth-order valence-electron chi connectivity index (χ4n) is 1.03. The van der Waals surface area contributed by atoms with Crippen molar-refractivity contribution in [2.45, 2.75) is 6.92 Å². The number of hydrogen-bond donors (Lipinski definition) is 4. The largest absolute Gasteiger partial charge is 0.480 e. The smallest absolute Gasteiger partial charge is 0.322 e. The number of rotatable bonds is 7. The number of amides is 3. The Labute approximate surface area is 98.6 Å². The molecule has 0 fully saturated rings. The van der Waals surface area contributed by atoms with Crippen LogP contribution in [0.2, 0.25) is 0 Å². The van der Waals surface area contributed by atoms with Crippen molar-refractivity contribution >= 4 is 17.9 Å². The number of aliphatic carboxylic acids is 1. The molecule has 4 N–H and O–H groups in total. The summed E-state index contributed by atoms with van der Waals surface area (Å²) >= 11 is 0. The van der Waals surface area contributed by atoms with Crippen LogP contribution in [0.25, 0.3) is 0 Å². The molecule has 8 nitrogen and oxygen atoms in total. The molecular formula is C9H17N3O5. The molecule has 0 saturated carbocycles. The van der Waals surface area contributed by atoms with E-state index in [-0.39, 0.29) is 19.7 Å². The highest BCUT2D eigenvalue weighted by atomic mass is 16.4. The summed E-state index contributed by atoms with van der Waals surface area (Å²) in [7, 11) is 0. The number of carboxylic acids is 1. The predicted molar refractivity (Wildman–Crippen MR) is 58.4 cm³/mol. The highest BCUT2D eigenvalue weighted by Crippen LogP contribution is 1.87. The van der Waals surface area contributed by atoms with Crippen LogP contribution >= 0.6 is 0 Å². The molecule has 0 aliphatic heterocycles. The van der Waals surface area contributed by atoms with Crippen molar-refractivity contribution in [2.75, 3.05) is 32.8 Å². The van der Waals surface area contributed by atoms with Gasteiger partial charge in [0.05, 0.1) is 13.2 Å². The van der Waals surface area contributed by atoms with Crippen LogP contribution in [0, 0.1) is 0 Å². The zero-order chi connectivity index (χ0) is 13.3. The fraction of sp³-hybridized carbons (Fsp3) is 0.667. The number of hydrogen-bond acceptors (Lipinski definition) is 4. The molecule has 17 heavy (non-hydrogen) atoms. The van der Waals surface area contributed by atoms with Gasteiger partial charge in [0.2, 0.25) is 5.91 Å². The van der Waals surface area contributed by atoms with Crippen LogP contribution in [0.15, 0.2) is 0 Å². The Bertz CT molecular complexity index is 282. The average Bonchev–Trinajstić information content (AvgIpc) is 2.30. The Morgan fingerprint density at radius 1 is 1.18 bits per heavy atom. The van der Waals surface area contributed by atoms with Gasteiger partial charge in [-0.2, -0.15) is 0 Å². The number of carbonyl (C=O) groups is 3. The molecule has 0 heterocycles. The van der Waals surface area contributed by atoms with Crippen molar-refractivity contribution in [1.82, 2.24) is 15.5 Å². The monoisotopic (exact) mass is 247 g/mol. The van der Waals surface area contributed by atoms with Crippen LogP contribution < -0.4 is 10.6 Å². The number of carbonyl (C=O) groups excluding carboxylic acids is 2. The molecule has 0 saturated heterocycles. The van der Waals surface area contributed by atoms with E-state index in [0.29, 0.717) is 6.54 Å². The van der Waals surface area contributed by atoms with Gasteiger partial charge in [-0.25, -0.2) is 4.79 Å². The SMILES string of the molecule is CCN(CCO)C(=O)NCC(=O)NCC(=O)O. The maximum atomic E-state index is 11.4. The van der Waals surface area contributed by atoms with E-state index in [2.05, 4.69) is 10.6 Å². The zero-order valence-corrected chi connectivity index (χ0v) is 9.60. The second-order valence-corrected chi connectivity index (χ2v) is 3.13. The number of nitrogens with one attached hydrogen (secondary N) is 2. The summed E-state index contributed by atoms with van der Waals surface area (Å²) < 4.78 is 0. The molecule has 0 atom stereocenters. The van der Waals surface area contributed by atoms with Crippen molar-refractivity contribution in [3.63, 3.8) is 0 Å². The Kier molecular flexibility index (Phi) is 7.44. The number of aliphatic hydroxyl groups excluding tert-OH is 1. The molecule has 0 spiro atoms. The van der Waals surface area contributed by atoms with Gasteiger partial charge in [-0.3, -0.25) is 9.59 Å². The van der Waals surface area contributed by atoms with Crippen molar-refractivity contribution < 1.29 is 24.6 Å². The van der Waals surface area contributed by atoms with Gasteiger partial charge < -0.3 is 25.7 Å². The standard InChI is InChI=1S/C9H17N3O5/c1-2-12(3-4-13)9(17)11-5-7(14)10-6-8(15)16/h13H,2-6H2,1H3,(H,10,14)(H,11,17)(H,15,16). The van der Waals surface area contributed by atoms with Gasteiger partial charge in [0.15, 0.2) is 0 Å². The summed E-state index contributed by atoms with van der Waals surface area (Å²) in [5.74, 6) is -1.74. The third-order valence-corrected chi connectivity index (χ3v) is 1.88. The molecule has 0 aliphatic carbocycles. The fourth-order valence-corrected chi connectivity index (χ4v) is 1.03. The van der Waals surface area contributed by atoms with E-state index in [0.717, 1.165) is 0 Å². The first-order valence-corrected chi connectivity index (χ1v) is 5.13. The molecule has 0 aromatic rings. The first kappa shape index (κ1) is 15.2. The van der Waals surface area contributed by atoms with Crippen LogP contribution in [-0.4, -0.2) is 65.8 Å². The van der Waals surface area contributed by atoms with E-state index in [1.54, 1.807) is 6.92 Å². The number of aliphatic hydroxyl groups is 1. The van der Waals surface area contributed by atoms with E-state index >= 15 is 0 Å². The van der Waals surface area contributed by atoms with Crippen molar-refractivity contribution in [1.29, 1.82) is 0 Å². The quantitative estimate of drug-likeness (QED) is 0.423. The van der Waals surface area contributed by atoms with Gasteiger partial charge in [0, 0.05) is 13.1 Å². The lowest BCUT2D eigenvalue weighted by Crippen LogP contribution is -2.45. The summed E-state index contributed by atoms with van der Waals surface area (Å²) in [4.78, 5) is 33.9. The van der Waals surface area contributed by atoms with Crippen LogP contribution in [0.3, 0.4) is 0 Å². The Balaban J connectivity index is 3.89. The predicted octanol–water partition coefficient (Wildman–Crippen LogP) is -1.79. The lowest BCUT2D eigenvalue weighted by molar-refractivity contribution is -0.137. The highest BCUT2D eigenvalue weighted by Gasteiger charge is 2.11. The van der Waals surface area contributed by atoms with Gasteiger partial charge in [-0.15, -0.1) is 0 Å². The first-order valence-electron chi connectivity index (χ1n) is 5.13. The van der Waals surface area contributed by atoms with E-state index in [4.69, 9.17) is 10.2 Å². The molecule has 0 aliphatic rings. The maximum Gasteiger partial charge on any atom is 0.322 e. The third kappa shape index (κ3) is 7.12. The van der Waals surface area contributed by atoms with Crippen molar-refractivity contribution in [3.05, 3.63) is 0 Å². The van der Waals surface area contributed by atoms with Gasteiger partial charge in [0.1, 0.15) is 6.54 Å². The van der Waals surface area contributed by atoms with Crippen LogP contribution in [0.1, 0.15) is 6.92 Å².